The average Bonchev–Trinajstić information content (AvgIpc) is 3.04. The van der Waals surface area contributed by atoms with Crippen LogP contribution in [-0.4, -0.2) is 26.3 Å². The molecule has 4 nitrogen and oxygen atoms in total. The standard InChI is InChI=1S/C14H22N2O2S/c1-4-11-5-6-13(15)8-14(11)19(17,18)16(3)9-12-7-10(12)2/h5-6,8,10,12H,4,7,9,15H2,1-3H3. The lowest BCUT2D eigenvalue weighted by atomic mass is 10.1. The van der Waals surface area contributed by atoms with Crippen molar-refractivity contribution in [2.75, 3.05) is 19.3 Å². The first-order valence-electron chi connectivity index (χ1n) is 6.71. The second kappa shape index (κ2) is 5.13. The zero-order valence-electron chi connectivity index (χ0n) is 11.8. The molecular formula is C14H22N2O2S. The van der Waals surface area contributed by atoms with Crippen LogP contribution in [-0.2, 0) is 16.4 Å². The fourth-order valence-electron chi connectivity index (χ4n) is 2.35. The lowest BCUT2D eigenvalue weighted by molar-refractivity contribution is 0.444. The summed E-state index contributed by atoms with van der Waals surface area (Å²) in [5.41, 5.74) is 7.05. The first kappa shape index (κ1) is 14.3. The predicted molar refractivity (Wildman–Crippen MR) is 77.3 cm³/mol. The van der Waals surface area contributed by atoms with Crippen molar-refractivity contribution in [1.82, 2.24) is 4.31 Å². The van der Waals surface area contributed by atoms with Crippen LogP contribution in [0.3, 0.4) is 0 Å². The van der Waals surface area contributed by atoms with Gasteiger partial charge in [0, 0.05) is 19.3 Å². The van der Waals surface area contributed by atoms with Crippen LogP contribution in [0.25, 0.3) is 0 Å². The summed E-state index contributed by atoms with van der Waals surface area (Å²) in [4.78, 5) is 0.353. The molecule has 1 saturated carbocycles. The Kier molecular flexibility index (Phi) is 3.87. The van der Waals surface area contributed by atoms with E-state index in [1.807, 2.05) is 6.92 Å². The molecule has 106 valence electrons. The number of nitrogens with zero attached hydrogens (tertiary/aromatic N) is 1. The van der Waals surface area contributed by atoms with Gasteiger partial charge in [-0.2, -0.15) is 0 Å². The molecule has 0 amide bonds. The first-order valence-corrected chi connectivity index (χ1v) is 8.15. The summed E-state index contributed by atoms with van der Waals surface area (Å²) >= 11 is 0. The van der Waals surface area contributed by atoms with E-state index >= 15 is 0 Å². The highest BCUT2D eigenvalue weighted by Gasteiger charge is 2.36. The van der Waals surface area contributed by atoms with Crippen molar-refractivity contribution in [1.29, 1.82) is 0 Å². The molecule has 19 heavy (non-hydrogen) atoms. The molecule has 1 fully saturated rings. The molecule has 0 heterocycles. The molecule has 0 aromatic heterocycles. The Bertz CT molecular complexity index is 569. The van der Waals surface area contributed by atoms with Crippen molar-refractivity contribution in [2.24, 2.45) is 11.8 Å². The van der Waals surface area contributed by atoms with Crippen LogP contribution in [0, 0.1) is 11.8 Å². The maximum atomic E-state index is 12.6. The van der Waals surface area contributed by atoms with Crippen LogP contribution in [0.2, 0.25) is 0 Å². The summed E-state index contributed by atoms with van der Waals surface area (Å²) in [6.45, 7) is 4.71. The topological polar surface area (TPSA) is 63.4 Å². The van der Waals surface area contributed by atoms with Crippen LogP contribution >= 0.6 is 0 Å². The van der Waals surface area contributed by atoms with Gasteiger partial charge < -0.3 is 5.73 Å². The number of hydrogen-bond donors (Lipinski definition) is 1. The number of benzene rings is 1. The van der Waals surface area contributed by atoms with E-state index in [0.717, 1.165) is 12.0 Å². The van der Waals surface area contributed by atoms with E-state index in [-0.39, 0.29) is 0 Å². The van der Waals surface area contributed by atoms with Gasteiger partial charge in [-0.05, 0) is 42.4 Å². The van der Waals surface area contributed by atoms with Crippen LogP contribution in [0.1, 0.15) is 25.8 Å². The van der Waals surface area contributed by atoms with Crippen LogP contribution in [0.5, 0.6) is 0 Å². The largest absolute Gasteiger partial charge is 0.399 e. The van der Waals surface area contributed by atoms with E-state index in [4.69, 9.17) is 5.73 Å². The molecule has 2 unspecified atom stereocenters. The minimum absolute atomic E-state index is 0.353. The highest BCUT2D eigenvalue weighted by Crippen LogP contribution is 2.39. The summed E-state index contributed by atoms with van der Waals surface area (Å²) in [6.07, 6.45) is 1.81. The average molecular weight is 282 g/mol. The smallest absolute Gasteiger partial charge is 0.243 e. The van der Waals surface area contributed by atoms with Crippen molar-refractivity contribution in [3.05, 3.63) is 23.8 Å². The summed E-state index contributed by atoms with van der Waals surface area (Å²) in [5, 5.41) is 0. The van der Waals surface area contributed by atoms with Gasteiger partial charge in [0.1, 0.15) is 0 Å². The third kappa shape index (κ3) is 2.92. The minimum Gasteiger partial charge on any atom is -0.399 e. The Morgan fingerprint density at radius 2 is 2.05 bits per heavy atom. The Hall–Kier alpha value is -1.07. The second-order valence-corrected chi connectivity index (χ2v) is 7.49. The first-order chi connectivity index (χ1) is 8.86. The summed E-state index contributed by atoms with van der Waals surface area (Å²) < 4.78 is 26.7. The fourth-order valence-corrected chi connectivity index (χ4v) is 3.91. The van der Waals surface area contributed by atoms with E-state index < -0.39 is 10.0 Å². The zero-order valence-corrected chi connectivity index (χ0v) is 12.6. The molecule has 1 aromatic carbocycles. The molecule has 0 radical (unpaired) electrons. The van der Waals surface area contributed by atoms with Crippen LogP contribution in [0.15, 0.2) is 23.1 Å². The number of nitrogen functional groups attached to an aromatic ring is 1. The van der Waals surface area contributed by atoms with Crippen molar-refractivity contribution >= 4 is 15.7 Å². The van der Waals surface area contributed by atoms with Gasteiger partial charge in [-0.3, -0.25) is 0 Å². The van der Waals surface area contributed by atoms with Gasteiger partial charge in [-0.1, -0.05) is 19.9 Å². The maximum absolute atomic E-state index is 12.6. The van der Waals surface area contributed by atoms with Crippen molar-refractivity contribution in [3.63, 3.8) is 0 Å². The number of sulfonamides is 1. The van der Waals surface area contributed by atoms with Gasteiger partial charge in [0.25, 0.3) is 0 Å². The summed E-state index contributed by atoms with van der Waals surface area (Å²) in [7, 11) is -1.77. The van der Waals surface area contributed by atoms with Gasteiger partial charge in [-0.15, -0.1) is 0 Å². The van der Waals surface area contributed by atoms with E-state index in [0.29, 0.717) is 35.4 Å². The molecule has 1 aliphatic carbocycles. The number of rotatable bonds is 5. The normalized spacial score (nSPS) is 22.7. The lowest BCUT2D eigenvalue weighted by Crippen LogP contribution is -2.30. The van der Waals surface area contributed by atoms with E-state index in [1.54, 1.807) is 25.2 Å². The van der Waals surface area contributed by atoms with Gasteiger partial charge in [0.05, 0.1) is 4.90 Å². The number of aryl methyl sites for hydroxylation is 1. The monoisotopic (exact) mass is 282 g/mol. The molecule has 2 N–H and O–H groups in total. The van der Waals surface area contributed by atoms with Gasteiger partial charge >= 0.3 is 0 Å². The molecule has 2 rings (SSSR count). The highest BCUT2D eigenvalue weighted by atomic mass is 32.2. The summed E-state index contributed by atoms with van der Waals surface area (Å²) in [5.74, 6) is 1.15. The molecule has 2 atom stereocenters. The number of anilines is 1. The van der Waals surface area contributed by atoms with Crippen LogP contribution in [0.4, 0.5) is 5.69 Å². The van der Waals surface area contributed by atoms with E-state index in [2.05, 4.69) is 6.92 Å². The molecule has 0 bridgehead atoms. The van der Waals surface area contributed by atoms with Gasteiger partial charge in [0.15, 0.2) is 0 Å². The molecular weight excluding hydrogens is 260 g/mol. The lowest BCUT2D eigenvalue weighted by Gasteiger charge is -2.19. The van der Waals surface area contributed by atoms with Crippen molar-refractivity contribution < 1.29 is 8.42 Å². The number of hydrogen-bond acceptors (Lipinski definition) is 3. The Morgan fingerprint density at radius 1 is 1.42 bits per heavy atom. The van der Waals surface area contributed by atoms with Crippen LogP contribution < -0.4 is 5.73 Å². The second-order valence-electron chi connectivity index (χ2n) is 5.48. The number of nitrogens with two attached hydrogens (primary N) is 1. The van der Waals surface area contributed by atoms with Crippen molar-refractivity contribution in [2.45, 2.75) is 31.6 Å². The molecule has 1 aromatic rings. The summed E-state index contributed by atoms with van der Waals surface area (Å²) in [6, 6.07) is 5.12. The molecule has 5 heteroatoms. The van der Waals surface area contributed by atoms with Gasteiger partial charge in [-0.25, -0.2) is 12.7 Å². The zero-order chi connectivity index (χ0) is 14.2. The fraction of sp³-hybridized carbons (Fsp3) is 0.571. The Morgan fingerprint density at radius 3 is 2.58 bits per heavy atom. The minimum atomic E-state index is -3.43. The molecule has 0 spiro atoms. The van der Waals surface area contributed by atoms with E-state index in [1.165, 1.54) is 4.31 Å². The SMILES string of the molecule is CCc1ccc(N)cc1S(=O)(=O)N(C)CC1CC1C. The predicted octanol–water partition coefficient (Wildman–Crippen LogP) is 2.11. The third-order valence-electron chi connectivity index (χ3n) is 3.93. The van der Waals surface area contributed by atoms with Crippen molar-refractivity contribution in [3.8, 4) is 0 Å². The highest BCUT2D eigenvalue weighted by molar-refractivity contribution is 7.89. The maximum Gasteiger partial charge on any atom is 0.243 e. The van der Waals surface area contributed by atoms with E-state index in [9.17, 15) is 8.42 Å². The molecule has 0 saturated heterocycles. The third-order valence-corrected chi connectivity index (χ3v) is 5.83. The quantitative estimate of drug-likeness (QED) is 0.841. The molecule has 1 aliphatic rings. The molecule has 0 aliphatic heterocycles. The van der Waals surface area contributed by atoms with Gasteiger partial charge in [0.2, 0.25) is 10.0 Å². The Balaban J connectivity index is 2.30. The Labute approximate surface area is 115 Å².